The minimum absolute atomic E-state index is 0.0609. The summed E-state index contributed by atoms with van der Waals surface area (Å²) in [6.07, 6.45) is 0. The zero-order valence-corrected chi connectivity index (χ0v) is 16.6. The summed E-state index contributed by atoms with van der Waals surface area (Å²) in [5, 5.41) is 1.04. The van der Waals surface area contributed by atoms with Gasteiger partial charge in [-0.3, -0.25) is 4.79 Å². The topological polar surface area (TPSA) is 49.3 Å². The monoisotopic (exact) mass is 378 g/mol. The molecule has 0 bridgehead atoms. The predicted octanol–water partition coefficient (Wildman–Crippen LogP) is 3.97. The quantitative estimate of drug-likeness (QED) is 0.414. The molecule has 0 aliphatic rings. The molecule has 0 aliphatic carbocycles. The molecule has 0 unspecified atom stereocenters. The van der Waals surface area contributed by atoms with Gasteiger partial charge in [0.05, 0.1) is 0 Å². The number of halogens is 1. The maximum Gasteiger partial charge on any atom is 0.253 e. The molecule has 25 heavy (non-hydrogen) atoms. The van der Waals surface area contributed by atoms with E-state index in [4.69, 9.17) is 11.6 Å². The van der Waals surface area contributed by atoms with E-state index in [1.807, 2.05) is 62.0 Å². The van der Waals surface area contributed by atoms with Gasteiger partial charge in [0.1, 0.15) is 11.0 Å². The van der Waals surface area contributed by atoms with Crippen LogP contribution in [0.25, 0.3) is 0 Å². The Morgan fingerprint density at radius 1 is 1.16 bits per heavy atom. The number of thioether (sulfide) groups is 1. The molecular weight excluding hydrogens is 356 g/mol. The molecule has 2 rings (SSSR count). The SMILES string of the molecule is CCN(CC)C(=O)c1cccc(CSc2nc(Cl)cc(N(C)C)n2)c1. The van der Waals surface area contributed by atoms with Crippen molar-refractivity contribution in [1.82, 2.24) is 14.9 Å². The standard InChI is InChI=1S/C18H23ClN4OS/c1-5-23(6-2)17(24)14-9-7-8-13(10-14)12-25-18-20-15(19)11-16(21-18)22(3)4/h7-11H,5-6,12H2,1-4H3. The van der Waals surface area contributed by atoms with Crippen LogP contribution in [0.5, 0.6) is 0 Å². The second-order valence-corrected chi connectivity index (χ2v) is 7.02. The second-order valence-electron chi connectivity index (χ2n) is 5.69. The number of aromatic nitrogens is 2. The highest BCUT2D eigenvalue weighted by Gasteiger charge is 2.13. The lowest BCUT2D eigenvalue weighted by Crippen LogP contribution is -2.30. The smallest absolute Gasteiger partial charge is 0.253 e. The highest BCUT2D eigenvalue weighted by atomic mass is 35.5. The van der Waals surface area contributed by atoms with Crippen LogP contribution in [-0.4, -0.2) is 48.0 Å². The molecule has 0 atom stereocenters. The molecule has 0 radical (unpaired) electrons. The number of carbonyl (C=O) groups excluding carboxylic acids is 1. The van der Waals surface area contributed by atoms with E-state index >= 15 is 0 Å². The summed E-state index contributed by atoms with van der Waals surface area (Å²) in [5.74, 6) is 1.51. The molecule has 0 spiro atoms. The van der Waals surface area contributed by atoms with Gasteiger partial charge < -0.3 is 9.80 Å². The van der Waals surface area contributed by atoms with Gasteiger partial charge in [-0.25, -0.2) is 9.97 Å². The number of carbonyl (C=O) groups is 1. The second kappa shape index (κ2) is 9.06. The number of hydrogen-bond acceptors (Lipinski definition) is 5. The summed E-state index contributed by atoms with van der Waals surface area (Å²) in [6, 6.07) is 9.44. The zero-order chi connectivity index (χ0) is 18.4. The van der Waals surface area contributed by atoms with Crippen molar-refractivity contribution in [3.63, 3.8) is 0 Å². The molecule has 2 aromatic rings. The Morgan fingerprint density at radius 3 is 2.52 bits per heavy atom. The molecule has 0 saturated heterocycles. The number of rotatable bonds is 7. The van der Waals surface area contributed by atoms with E-state index in [2.05, 4.69) is 9.97 Å². The van der Waals surface area contributed by atoms with E-state index in [1.54, 1.807) is 6.07 Å². The molecule has 0 fully saturated rings. The highest BCUT2D eigenvalue weighted by molar-refractivity contribution is 7.98. The van der Waals surface area contributed by atoms with Crippen LogP contribution in [0.1, 0.15) is 29.8 Å². The van der Waals surface area contributed by atoms with Crippen molar-refractivity contribution in [2.75, 3.05) is 32.1 Å². The molecule has 0 saturated carbocycles. The third kappa shape index (κ3) is 5.34. The molecule has 7 heteroatoms. The van der Waals surface area contributed by atoms with Gasteiger partial charge in [0.15, 0.2) is 5.16 Å². The first-order valence-electron chi connectivity index (χ1n) is 8.17. The fraction of sp³-hybridized carbons (Fsp3) is 0.389. The molecule has 1 aromatic heterocycles. The molecule has 0 N–H and O–H groups in total. The van der Waals surface area contributed by atoms with Crippen LogP contribution in [0, 0.1) is 0 Å². The molecule has 5 nitrogen and oxygen atoms in total. The summed E-state index contributed by atoms with van der Waals surface area (Å²) >= 11 is 7.57. The van der Waals surface area contributed by atoms with Crippen molar-refractivity contribution in [2.45, 2.75) is 24.8 Å². The van der Waals surface area contributed by atoms with Crippen molar-refractivity contribution < 1.29 is 4.79 Å². The maximum absolute atomic E-state index is 12.5. The Hall–Kier alpha value is -1.79. The Labute approximate surface area is 158 Å². The Bertz CT molecular complexity index is 735. The van der Waals surface area contributed by atoms with E-state index in [9.17, 15) is 4.79 Å². The third-order valence-electron chi connectivity index (χ3n) is 3.71. The first-order valence-corrected chi connectivity index (χ1v) is 9.53. The van der Waals surface area contributed by atoms with E-state index in [-0.39, 0.29) is 5.91 Å². The molecule has 0 aliphatic heterocycles. The molecule has 1 aromatic carbocycles. The van der Waals surface area contributed by atoms with Crippen molar-refractivity contribution in [3.8, 4) is 0 Å². The van der Waals surface area contributed by atoms with Crippen LogP contribution < -0.4 is 4.90 Å². The average molecular weight is 379 g/mol. The minimum Gasteiger partial charge on any atom is -0.363 e. The Morgan fingerprint density at radius 2 is 1.88 bits per heavy atom. The number of benzene rings is 1. The lowest BCUT2D eigenvalue weighted by Gasteiger charge is -2.18. The lowest BCUT2D eigenvalue weighted by atomic mass is 10.1. The Balaban J connectivity index is 2.12. The molecule has 1 amide bonds. The number of amides is 1. The molecular formula is C18H23ClN4OS. The van der Waals surface area contributed by atoms with Crippen LogP contribution >= 0.6 is 23.4 Å². The van der Waals surface area contributed by atoms with Crippen LogP contribution in [0.2, 0.25) is 5.15 Å². The van der Waals surface area contributed by atoms with E-state index < -0.39 is 0 Å². The summed E-state index contributed by atoms with van der Waals surface area (Å²) in [5.41, 5.74) is 1.76. The fourth-order valence-electron chi connectivity index (χ4n) is 2.31. The van der Waals surface area contributed by atoms with Gasteiger partial charge in [0.25, 0.3) is 5.91 Å². The largest absolute Gasteiger partial charge is 0.363 e. The molecule has 134 valence electrons. The minimum atomic E-state index is 0.0609. The lowest BCUT2D eigenvalue weighted by molar-refractivity contribution is 0.0773. The van der Waals surface area contributed by atoms with Crippen LogP contribution in [0.4, 0.5) is 5.82 Å². The van der Waals surface area contributed by atoms with Gasteiger partial charge in [-0.15, -0.1) is 0 Å². The van der Waals surface area contributed by atoms with Gasteiger partial charge in [-0.2, -0.15) is 0 Å². The van der Waals surface area contributed by atoms with E-state index in [1.165, 1.54) is 11.8 Å². The fourth-order valence-corrected chi connectivity index (χ4v) is 3.34. The van der Waals surface area contributed by atoms with Crippen molar-refractivity contribution in [3.05, 3.63) is 46.6 Å². The van der Waals surface area contributed by atoms with Gasteiger partial charge in [-0.05, 0) is 31.5 Å². The summed E-state index contributed by atoms with van der Waals surface area (Å²) in [6.45, 7) is 5.38. The van der Waals surface area contributed by atoms with Crippen molar-refractivity contribution >= 4 is 35.1 Å². The van der Waals surface area contributed by atoms with Gasteiger partial charge in [0, 0.05) is 44.6 Å². The average Bonchev–Trinajstić information content (AvgIpc) is 2.60. The predicted molar refractivity (Wildman–Crippen MR) is 105 cm³/mol. The number of hydrogen-bond donors (Lipinski definition) is 0. The first kappa shape index (κ1) is 19.5. The summed E-state index contributed by atoms with van der Waals surface area (Å²) in [7, 11) is 3.82. The van der Waals surface area contributed by atoms with Gasteiger partial charge in [-0.1, -0.05) is 35.5 Å². The maximum atomic E-state index is 12.5. The van der Waals surface area contributed by atoms with Crippen LogP contribution in [-0.2, 0) is 5.75 Å². The van der Waals surface area contributed by atoms with Crippen LogP contribution in [0.15, 0.2) is 35.5 Å². The van der Waals surface area contributed by atoms with Crippen molar-refractivity contribution in [2.24, 2.45) is 0 Å². The van der Waals surface area contributed by atoms with Crippen LogP contribution in [0.3, 0.4) is 0 Å². The summed E-state index contributed by atoms with van der Waals surface area (Å²) in [4.78, 5) is 24.9. The number of anilines is 1. The van der Waals surface area contributed by atoms with Crippen molar-refractivity contribution in [1.29, 1.82) is 0 Å². The summed E-state index contributed by atoms with van der Waals surface area (Å²) < 4.78 is 0. The van der Waals surface area contributed by atoms with Gasteiger partial charge in [0.2, 0.25) is 0 Å². The zero-order valence-electron chi connectivity index (χ0n) is 15.0. The first-order chi connectivity index (χ1) is 11.9. The normalized spacial score (nSPS) is 10.6. The molecule has 1 heterocycles. The third-order valence-corrected chi connectivity index (χ3v) is 4.82. The number of nitrogens with zero attached hydrogens (tertiary/aromatic N) is 4. The highest BCUT2D eigenvalue weighted by Crippen LogP contribution is 2.24. The van der Waals surface area contributed by atoms with E-state index in [0.717, 1.165) is 11.4 Å². The van der Waals surface area contributed by atoms with E-state index in [0.29, 0.717) is 34.7 Å². The van der Waals surface area contributed by atoms with Gasteiger partial charge >= 0.3 is 0 Å². The Kier molecular flexibility index (Phi) is 7.08.